The Morgan fingerprint density at radius 2 is 1.75 bits per heavy atom. The van der Waals surface area contributed by atoms with Crippen molar-refractivity contribution in [3.05, 3.63) is 0 Å². The highest BCUT2D eigenvalue weighted by molar-refractivity contribution is 8.01. The van der Waals surface area contributed by atoms with E-state index in [2.05, 4.69) is 5.32 Å². The Bertz CT molecular complexity index is 532. The Kier molecular flexibility index (Phi) is 6.61. The second-order valence-corrected chi connectivity index (χ2v) is 9.30. The molecule has 6 nitrogen and oxygen atoms in total. The van der Waals surface area contributed by atoms with Gasteiger partial charge in [-0.15, -0.1) is 11.8 Å². The van der Waals surface area contributed by atoms with E-state index < -0.39 is 10.7 Å². The summed E-state index contributed by atoms with van der Waals surface area (Å²) in [6.45, 7) is 11.2. The molecule has 0 aliphatic carbocycles. The zero-order chi connectivity index (χ0) is 18.7. The van der Waals surface area contributed by atoms with Gasteiger partial charge in [-0.25, -0.2) is 0 Å². The highest BCUT2D eigenvalue weighted by atomic mass is 32.2. The molecule has 1 aliphatic rings. The maximum Gasteiger partial charge on any atom is 0.242 e. The van der Waals surface area contributed by atoms with Gasteiger partial charge >= 0.3 is 0 Å². The Morgan fingerprint density at radius 3 is 2.25 bits per heavy atom. The molecule has 1 rings (SSSR count). The maximum atomic E-state index is 12.3. The largest absolute Gasteiger partial charge is 0.351 e. The van der Waals surface area contributed by atoms with E-state index in [-0.39, 0.29) is 54.2 Å². The number of likely N-dealkylation sites (tertiary alicyclic amines) is 1. The number of nitrogens with one attached hydrogen (secondary N) is 1. The number of Topliss-reactive ketones (excluding diaryl/α,β-unsaturated/α-hetero) is 1. The monoisotopic (exact) mass is 356 g/mol. The molecule has 136 valence electrons. The van der Waals surface area contributed by atoms with E-state index in [0.717, 1.165) is 4.90 Å². The van der Waals surface area contributed by atoms with Crippen LogP contribution < -0.4 is 5.32 Å². The zero-order valence-corrected chi connectivity index (χ0v) is 16.2. The first-order valence-corrected chi connectivity index (χ1v) is 9.16. The third-order valence-electron chi connectivity index (χ3n) is 3.53. The molecule has 0 aromatic rings. The molecule has 1 atom stereocenters. The van der Waals surface area contributed by atoms with Crippen molar-refractivity contribution in [2.45, 2.75) is 65.2 Å². The minimum atomic E-state index is -0.519. The van der Waals surface area contributed by atoms with E-state index >= 15 is 0 Å². The van der Waals surface area contributed by atoms with Gasteiger partial charge in [-0.05, 0) is 20.8 Å². The molecule has 3 amide bonds. The number of hydrogen-bond donors (Lipinski definition) is 1. The number of carbonyl (C=O) groups excluding carboxylic acids is 4. The Hall–Kier alpha value is -1.37. The molecule has 1 aliphatic heterocycles. The first-order valence-electron chi connectivity index (χ1n) is 8.11. The van der Waals surface area contributed by atoms with Crippen molar-refractivity contribution in [1.82, 2.24) is 10.2 Å². The molecule has 1 saturated heterocycles. The average molecular weight is 356 g/mol. The van der Waals surface area contributed by atoms with Crippen LogP contribution in [0, 0.1) is 5.41 Å². The van der Waals surface area contributed by atoms with Crippen molar-refractivity contribution >= 4 is 35.3 Å². The molecule has 1 N–H and O–H groups in total. The van der Waals surface area contributed by atoms with Crippen LogP contribution in [0.15, 0.2) is 0 Å². The summed E-state index contributed by atoms with van der Waals surface area (Å²) in [6, 6.07) is 0. The maximum absolute atomic E-state index is 12.3. The van der Waals surface area contributed by atoms with Crippen LogP contribution in [0.4, 0.5) is 0 Å². The number of ketones is 1. The van der Waals surface area contributed by atoms with Crippen LogP contribution in [0.3, 0.4) is 0 Å². The van der Waals surface area contributed by atoms with Crippen molar-refractivity contribution in [1.29, 1.82) is 0 Å². The topological polar surface area (TPSA) is 83.6 Å². The molecule has 0 aromatic heterocycles. The van der Waals surface area contributed by atoms with Gasteiger partial charge < -0.3 is 5.32 Å². The van der Waals surface area contributed by atoms with Crippen LogP contribution in [-0.4, -0.2) is 51.5 Å². The lowest BCUT2D eigenvalue weighted by Crippen LogP contribution is -2.42. The van der Waals surface area contributed by atoms with Crippen molar-refractivity contribution in [2.75, 3.05) is 12.3 Å². The second-order valence-electron chi connectivity index (χ2n) is 8.11. The lowest BCUT2D eigenvalue weighted by atomic mass is 9.92. The normalized spacial score (nSPS) is 18.9. The molecule has 24 heavy (non-hydrogen) atoms. The van der Waals surface area contributed by atoms with Gasteiger partial charge in [-0.1, -0.05) is 20.8 Å². The van der Waals surface area contributed by atoms with Gasteiger partial charge in [-0.2, -0.15) is 0 Å². The molecule has 0 radical (unpaired) electrons. The van der Waals surface area contributed by atoms with Gasteiger partial charge in [0.15, 0.2) is 0 Å². The van der Waals surface area contributed by atoms with Crippen molar-refractivity contribution in [3.63, 3.8) is 0 Å². The summed E-state index contributed by atoms with van der Waals surface area (Å²) in [6.07, 6.45) is 0.189. The zero-order valence-electron chi connectivity index (χ0n) is 15.4. The van der Waals surface area contributed by atoms with Crippen LogP contribution in [-0.2, 0) is 19.2 Å². The first-order chi connectivity index (χ1) is 10.8. The summed E-state index contributed by atoms with van der Waals surface area (Å²) < 4.78 is 0. The Balaban J connectivity index is 2.52. The van der Waals surface area contributed by atoms with E-state index in [1.54, 1.807) is 0 Å². The molecule has 0 saturated carbocycles. The highest BCUT2D eigenvalue weighted by Crippen LogP contribution is 2.27. The molecule has 0 bridgehead atoms. The Labute approximate surface area is 148 Å². The number of carbonyl (C=O) groups is 4. The van der Waals surface area contributed by atoms with E-state index in [1.807, 2.05) is 41.5 Å². The quantitative estimate of drug-likeness (QED) is 0.733. The summed E-state index contributed by atoms with van der Waals surface area (Å²) in [7, 11) is 0. The minimum Gasteiger partial charge on any atom is -0.351 e. The third-order valence-corrected chi connectivity index (χ3v) is 4.73. The molecule has 0 aromatic carbocycles. The lowest BCUT2D eigenvalue weighted by molar-refractivity contribution is -0.138. The molecule has 0 spiro atoms. The standard InChI is InChI=1S/C17H28N2O4S/c1-16(2,3)12(20)10-24-11-9-14(22)19(15(11)23)8-7-13(21)18-17(4,5)6/h11H,7-10H2,1-6H3,(H,18,21). The number of imide groups is 1. The minimum absolute atomic E-state index is 0.0516. The number of rotatable bonds is 6. The number of amides is 3. The molecule has 7 heteroatoms. The van der Waals surface area contributed by atoms with Gasteiger partial charge in [0.25, 0.3) is 0 Å². The van der Waals surface area contributed by atoms with E-state index in [1.165, 1.54) is 11.8 Å². The van der Waals surface area contributed by atoms with Crippen LogP contribution in [0.1, 0.15) is 54.4 Å². The fourth-order valence-corrected chi connectivity index (χ4v) is 3.42. The molecule has 1 unspecified atom stereocenters. The Morgan fingerprint density at radius 1 is 1.17 bits per heavy atom. The van der Waals surface area contributed by atoms with Gasteiger partial charge in [0, 0.05) is 30.3 Å². The smallest absolute Gasteiger partial charge is 0.242 e. The van der Waals surface area contributed by atoms with Crippen molar-refractivity contribution in [2.24, 2.45) is 5.41 Å². The van der Waals surface area contributed by atoms with E-state index in [0.29, 0.717) is 0 Å². The lowest BCUT2D eigenvalue weighted by Gasteiger charge is -2.21. The molecule has 1 fully saturated rings. The molecular weight excluding hydrogens is 328 g/mol. The molecular formula is C17H28N2O4S. The fraction of sp³-hybridized carbons (Fsp3) is 0.765. The van der Waals surface area contributed by atoms with Crippen LogP contribution in [0.2, 0.25) is 0 Å². The van der Waals surface area contributed by atoms with E-state index in [9.17, 15) is 19.2 Å². The van der Waals surface area contributed by atoms with Crippen LogP contribution in [0.5, 0.6) is 0 Å². The summed E-state index contributed by atoms with van der Waals surface area (Å²) in [5.41, 5.74) is -0.800. The SMILES string of the molecule is CC(C)(C)NC(=O)CCN1C(=O)CC(SCC(=O)C(C)(C)C)C1=O. The molecule has 1 heterocycles. The third kappa shape index (κ3) is 6.26. The predicted molar refractivity (Wildman–Crippen MR) is 94.6 cm³/mol. The highest BCUT2D eigenvalue weighted by Gasteiger charge is 2.39. The summed E-state index contributed by atoms with van der Waals surface area (Å²) in [5, 5.41) is 2.28. The second kappa shape index (κ2) is 7.68. The van der Waals surface area contributed by atoms with Crippen molar-refractivity contribution < 1.29 is 19.2 Å². The van der Waals surface area contributed by atoms with Gasteiger partial charge in [-0.3, -0.25) is 24.1 Å². The number of thioether (sulfide) groups is 1. The van der Waals surface area contributed by atoms with Gasteiger partial charge in [0.05, 0.1) is 11.0 Å². The summed E-state index contributed by atoms with van der Waals surface area (Å²) in [4.78, 5) is 49.2. The van der Waals surface area contributed by atoms with E-state index in [4.69, 9.17) is 0 Å². The van der Waals surface area contributed by atoms with Crippen molar-refractivity contribution in [3.8, 4) is 0 Å². The first kappa shape index (κ1) is 20.7. The van der Waals surface area contributed by atoms with Crippen LogP contribution >= 0.6 is 11.8 Å². The number of nitrogens with zero attached hydrogens (tertiary/aromatic N) is 1. The summed E-state index contributed by atoms with van der Waals surface area (Å²) >= 11 is 1.22. The number of hydrogen-bond acceptors (Lipinski definition) is 5. The summed E-state index contributed by atoms with van der Waals surface area (Å²) in [5.74, 6) is -0.497. The fourth-order valence-electron chi connectivity index (χ4n) is 2.10. The van der Waals surface area contributed by atoms with Gasteiger partial charge in [0.2, 0.25) is 17.7 Å². The predicted octanol–water partition coefficient (Wildman–Crippen LogP) is 1.77. The van der Waals surface area contributed by atoms with Crippen LogP contribution in [0.25, 0.3) is 0 Å². The average Bonchev–Trinajstić information content (AvgIpc) is 2.65. The van der Waals surface area contributed by atoms with Gasteiger partial charge in [0.1, 0.15) is 5.78 Å².